The zero-order valence-electron chi connectivity index (χ0n) is 15.9. The minimum Gasteiger partial charge on any atom is -0.361 e. The molecular weight excluding hydrogens is 418 g/mol. The fraction of sp³-hybridized carbons (Fsp3) is 0.273. The zero-order valence-corrected chi connectivity index (χ0v) is 17.5. The molecule has 2 aromatic carbocycles. The molecule has 0 unspecified atom stereocenters. The van der Waals surface area contributed by atoms with Gasteiger partial charge in [0.05, 0.1) is 0 Å². The van der Waals surface area contributed by atoms with Crippen molar-refractivity contribution in [3.8, 4) is 11.3 Å². The van der Waals surface area contributed by atoms with Gasteiger partial charge >= 0.3 is 0 Å². The topological polar surface area (TPSA) is 58.4 Å². The lowest BCUT2D eigenvalue weighted by Crippen LogP contribution is -2.25. The molecule has 1 heterocycles. The van der Waals surface area contributed by atoms with Crippen molar-refractivity contribution in [1.82, 2.24) is 10.1 Å². The molecule has 3 rings (SSSR count). The van der Waals surface area contributed by atoms with Gasteiger partial charge in [-0.3, -0.25) is 4.79 Å². The third-order valence-corrected chi connectivity index (χ3v) is 4.91. The fourth-order valence-corrected chi connectivity index (χ4v) is 3.29. The quantitative estimate of drug-likeness (QED) is 0.507. The Morgan fingerprint density at radius 2 is 1.93 bits per heavy atom. The van der Waals surface area contributed by atoms with Crippen LogP contribution in [0, 0.1) is 0 Å². The molecule has 1 amide bonds. The summed E-state index contributed by atoms with van der Waals surface area (Å²) in [6, 6.07) is 19.6. The van der Waals surface area contributed by atoms with Crippen LogP contribution in [0.15, 0.2) is 69.7 Å². The van der Waals surface area contributed by atoms with E-state index in [1.54, 1.807) is 0 Å². The van der Waals surface area contributed by atoms with E-state index in [4.69, 9.17) is 4.52 Å². The lowest BCUT2D eigenvalue weighted by molar-refractivity contribution is -0.116. The third-order valence-electron chi connectivity index (χ3n) is 4.42. The number of aryl methyl sites for hydroxylation is 1. The number of carbonyl (C=O) groups excluding carboxylic acids is 1. The molecule has 0 aliphatic carbocycles. The number of hydrogen-bond acceptors (Lipinski definition) is 4. The van der Waals surface area contributed by atoms with E-state index in [1.807, 2.05) is 67.7 Å². The van der Waals surface area contributed by atoms with Gasteiger partial charge in [-0.15, -0.1) is 0 Å². The Morgan fingerprint density at radius 3 is 2.71 bits per heavy atom. The van der Waals surface area contributed by atoms with Crippen LogP contribution in [0.1, 0.15) is 18.6 Å². The van der Waals surface area contributed by atoms with Crippen LogP contribution in [-0.2, 0) is 11.2 Å². The number of carbonyl (C=O) groups is 1. The van der Waals surface area contributed by atoms with E-state index in [2.05, 4.69) is 31.3 Å². The number of rotatable bonds is 9. The Kier molecular flexibility index (Phi) is 7.39. The van der Waals surface area contributed by atoms with Gasteiger partial charge in [0, 0.05) is 41.2 Å². The average Bonchev–Trinajstić information content (AvgIpc) is 3.16. The Balaban J connectivity index is 1.36. The summed E-state index contributed by atoms with van der Waals surface area (Å²) in [6.07, 6.45) is 2.24. The van der Waals surface area contributed by atoms with Crippen LogP contribution in [0.2, 0.25) is 0 Å². The predicted molar refractivity (Wildman–Crippen MR) is 115 cm³/mol. The van der Waals surface area contributed by atoms with Gasteiger partial charge in [0.2, 0.25) is 5.91 Å². The van der Waals surface area contributed by atoms with Crippen molar-refractivity contribution in [2.24, 2.45) is 0 Å². The maximum absolute atomic E-state index is 12.1. The van der Waals surface area contributed by atoms with Crippen molar-refractivity contribution in [2.75, 3.05) is 25.5 Å². The number of hydrogen-bond donors (Lipinski definition) is 1. The van der Waals surface area contributed by atoms with E-state index in [-0.39, 0.29) is 5.91 Å². The van der Waals surface area contributed by atoms with Gasteiger partial charge in [0.25, 0.3) is 0 Å². The second-order valence-corrected chi connectivity index (χ2v) is 7.68. The Bertz CT molecular complexity index is 896. The molecule has 0 aliphatic heterocycles. The highest BCUT2D eigenvalue weighted by Crippen LogP contribution is 2.19. The van der Waals surface area contributed by atoms with Crippen LogP contribution in [0.25, 0.3) is 11.3 Å². The van der Waals surface area contributed by atoms with E-state index in [0.717, 1.165) is 46.6 Å². The highest BCUT2D eigenvalue weighted by atomic mass is 79.9. The molecule has 0 radical (unpaired) electrons. The number of halogens is 1. The van der Waals surface area contributed by atoms with Gasteiger partial charge in [-0.25, -0.2) is 0 Å². The van der Waals surface area contributed by atoms with E-state index in [9.17, 15) is 4.79 Å². The smallest absolute Gasteiger partial charge is 0.225 e. The van der Waals surface area contributed by atoms with Crippen LogP contribution < -0.4 is 5.32 Å². The average molecular weight is 442 g/mol. The second kappa shape index (κ2) is 10.2. The van der Waals surface area contributed by atoms with Crippen molar-refractivity contribution in [3.63, 3.8) is 0 Å². The molecule has 6 heteroatoms. The Hall–Kier alpha value is -2.44. The molecule has 0 spiro atoms. The van der Waals surface area contributed by atoms with Crippen LogP contribution in [0.3, 0.4) is 0 Å². The first-order valence-corrected chi connectivity index (χ1v) is 10.1. The van der Waals surface area contributed by atoms with E-state index >= 15 is 0 Å². The molecule has 0 atom stereocenters. The molecule has 0 fully saturated rings. The molecule has 5 nitrogen and oxygen atoms in total. The van der Waals surface area contributed by atoms with Gasteiger partial charge in [-0.05, 0) is 38.2 Å². The van der Waals surface area contributed by atoms with E-state index < -0.39 is 0 Å². The number of benzene rings is 2. The fourth-order valence-electron chi connectivity index (χ4n) is 2.89. The normalized spacial score (nSPS) is 11.0. The predicted octanol–water partition coefficient (Wildman–Crippen LogP) is 5.00. The monoisotopic (exact) mass is 441 g/mol. The first-order valence-electron chi connectivity index (χ1n) is 9.35. The van der Waals surface area contributed by atoms with Crippen molar-refractivity contribution < 1.29 is 9.32 Å². The summed E-state index contributed by atoms with van der Waals surface area (Å²) < 4.78 is 6.39. The van der Waals surface area contributed by atoms with Crippen LogP contribution in [0.4, 0.5) is 5.69 Å². The summed E-state index contributed by atoms with van der Waals surface area (Å²) in [7, 11) is 2.03. The van der Waals surface area contributed by atoms with Gasteiger partial charge in [0.1, 0.15) is 11.5 Å². The second-order valence-electron chi connectivity index (χ2n) is 6.76. The zero-order chi connectivity index (χ0) is 19.8. The van der Waals surface area contributed by atoms with Crippen molar-refractivity contribution in [3.05, 3.63) is 70.9 Å². The summed E-state index contributed by atoms with van der Waals surface area (Å²) in [4.78, 5) is 14.2. The minimum absolute atomic E-state index is 0.0210. The molecule has 1 N–H and O–H groups in total. The maximum Gasteiger partial charge on any atom is 0.225 e. The van der Waals surface area contributed by atoms with Gasteiger partial charge < -0.3 is 14.7 Å². The minimum atomic E-state index is 0.0210. The molecule has 0 aliphatic rings. The van der Waals surface area contributed by atoms with Crippen LogP contribution in [0.5, 0.6) is 0 Å². The van der Waals surface area contributed by atoms with Gasteiger partial charge in [-0.1, -0.05) is 57.5 Å². The number of nitrogens with zero attached hydrogens (tertiary/aromatic N) is 2. The van der Waals surface area contributed by atoms with Crippen molar-refractivity contribution >= 4 is 27.5 Å². The summed E-state index contributed by atoms with van der Waals surface area (Å²) in [5.74, 6) is 0.910. The molecule has 0 bridgehead atoms. The molecular formula is C22H24BrN3O2. The summed E-state index contributed by atoms with van der Waals surface area (Å²) >= 11 is 3.40. The molecule has 146 valence electrons. The largest absolute Gasteiger partial charge is 0.361 e. The third kappa shape index (κ3) is 6.32. The van der Waals surface area contributed by atoms with Gasteiger partial charge in [0.15, 0.2) is 0 Å². The van der Waals surface area contributed by atoms with Crippen molar-refractivity contribution in [2.45, 2.75) is 19.3 Å². The maximum atomic E-state index is 12.1. The standard InChI is InChI=1S/C22H24BrN3O2/c1-26(14-12-22(27)24-19-10-5-9-18(23)15-19)13-6-11-20-16-21(25-28-20)17-7-3-2-4-8-17/h2-5,7-10,15-16H,6,11-14H2,1H3,(H,24,27). The molecule has 0 saturated heterocycles. The number of anilines is 1. The molecule has 0 saturated carbocycles. The molecule has 3 aromatic rings. The lowest BCUT2D eigenvalue weighted by Gasteiger charge is -2.15. The Morgan fingerprint density at radius 1 is 1.11 bits per heavy atom. The summed E-state index contributed by atoms with van der Waals surface area (Å²) in [5, 5.41) is 7.06. The summed E-state index contributed by atoms with van der Waals surface area (Å²) in [5.41, 5.74) is 2.74. The number of aromatic nitrogens is 1. The SMILES string of the molecule is CN(CCCc1cc(-c2ccccc2)no1)CCC(=O)Nc1cccc(Br)c1. The van der Waals surface area contributed by atoms with Gasteiger partial charge in [-0.2, -0.15) is 0 Å². The molecule has 1 aromatic heterocycles. The lowest BCUT2D eigenvalue weighted by atomic mass is 10.1. The molecule has 28 heavy (non-hydrogen) atoms. The first-order chi connectivity index (χ1) is 13.6. The van der Waals surface area contributed by atoms with E-state index in [0.29, 0.717) is 13.0 Å². The van der Waals surface area contributed by atoms with Crippen molar-refractivity contribution in [1.29, 1.82) is 0 Å². The highest BCUT2D eigenvalue weighted by Gasteiger charge is 2.08. The number of amides is 1. The van der Waals surface area contributed by atoms with Crippen LogP contribution >= 0.6 is 15.9 Å². The van der Waals surface area contributed by atoms with Crippen LogP contribution in [-0.4, -0.2) is 36.1 Å². The summed E-state index contributed by atoms with van der Waals surface area (Å²) in [6.45, 7) is 1.61. The first kappa shape index (κ1) is 20.3. The highest BCUT2D eigenvalue weighted by molar-refractivity contribution is 9.10. The number of nitrogens with one attached hydrogen (secondary N) is 1. The van der Waals surface area contributed by atoms with E-state index in [1.165, 1.54) is 0 Å². The Labute approximate surface area is 173 Å².